The molecular weight excluding hydrogens is 338 g/mol. The maximum Gasteiger partial charge on any atom is 0.232 e. The van der Waals surface area contributed by atoms with Crippen molar-refractivity contribution < 1.29 is 14.3 Å². The van der Waals surface area contributed by atoms with Crippen LogP contribution in [0.3, 0.4) is 0 Å². The van der Waals surface area contributed by atoms with Crippen LogP contribution < -0.4 is 9.47 Å². The molecule has 0 N–H and O–H groups in total. The van der Waals surface area contributed by atoms with Crippen LogP contribution in [0.5, 0.6) is 11.5 Å². The van der Waals surface area contributed by atoms with E-state index in [1.165, 1.54) is 11.8 Å². The number of aromatic nitrogens is 2. The largest absolute Gasteiger partial charge is 0.493 e. The minimum atomic E-state index is 0.0515. The van der Waals surface area contributed by atoms with E-state index in [2.05, 4.69) is 9.97 Å². The van der Waals surface area contributed by atoms with Crippen molar-refractivity contribution in [2.75, 3.05) is 33.6 Å². The number of likely N-dealkylation sites (N-methyl/N-ethyl adjacent to an activating group) is 1. The Morgan fingerprint density at radius 1 is 1.20 bits per heavy atom. The number of benzene rings is 1. The van der Waals surface area contributed by atoms with Crippen molar-refractivity contribution in [1.82, 2.24) is 14.9 Å². The summed E-state index contributed by atoms with van der Waals surface area (Å²) in [5.41, 5.74) is 1.98. The highest BCUT2D eigenvalue weighted by Crippen LogP contribution is 2.27. The lowest BCUT2D eigenvalue weighted by molar-refractivity contribution is -0.127. The second kappa shape index (κ2) is 9.27. The van der Waals surface area contributed by atoms with Crippen LogP contribution in [-0.4, -0.2) is 54.3 Å². The number of hydrogen-bond donors (Lipinski definition) is 0. The molecule has 0 bridgehead atoms. The molecule has 0 aliphatic carbocycles. The number of hydrogen-bond acceptors (Lipinski definition) is 6. The number of thioether (sulfide) groups is 1. The van der Waals surface area contributed by atoms with E-state index in [0.717, 1.165) is 17.7 Å². The monoisotopic (exact) mass is 361 g/mol. The smallest absolute Gasteiger partial charge is 0.232 e. The predicted octanol–water partition coefficient (Wildman–Crippen LogP) is 2.60. The Morgan fingerprint density at radius 2 is 1.96 bits per heavy atom. The quantitative estimate of drug-likeness (QED) is 0.532. The number of aryl methyl sites for hydroxylation is 1. The fraction of sp³-hybridized carbons (Fsp3) is 0.389. The molecule has 2 aromatic rings. The standard InChI is InChI=1S/C18H23N3O3S/c1-13-7-9-19-18(20-13)25-12-17(22)21(2)10-8-14-5-6-15(23-3)16(11-14)24-4/h5-7,9,11H,8,10,12H2,1-4H3. The van der Waals surface area contributed by atoms with Crippen molar-refractivity contribution in [3.05, 3.63) is 41.7 Å². The molecule has 0 saturated heterocycles. The molecule has 0 radical (unpaired) electrons. The van der Waals surface area contributed by atoms with Gasteiger partial charge in [-0.1, -0.05) is 17.8 Å². The number of nitrogens with zero attached hydrogens (tertiary/aromatic N) is 3. The normalized spacial score (nSPS) is 10.4. The van der Waals surface area contributed by atoms with Crippen molar-refractivity contribution in [2.24, 2.45) is 0 Å². The van der Waals surface area contributed by atoms with Crippen LogP contribution in [0.25, 0.3) is 0 Å². The predicted molar refractivity (Wildman–Crippen MR) is 98.4 cm³/mol. The highest BCUT2D eigenvalue weighted by molar-refractivity contribution is 7.99. The van der Waals surface area contributed by atoms with Gasteiger partial charge in [0.1, 0.15) is 0 Å². The van der Waals surface area contributed by atoms with Crippen molar-refractivity contribution in [3.8, 4) is 11.5 Å². The topological polar surface area (TPSA) is 64.5 Å². The number of methoxy groups -OCH3 is 2. The first-order valence-corrected chi connectivity index (χ1v) is 8.89. The summed E-state index contributed by atoms with van der Waals surface area (Å²) in [6.07, 6.45) is 2.45. The summed E-state index contributed by atoms with van der Waals surface area (Å²) < 4.78 is 10.5. The summed E-state index contributed by atoms with van der Waals surface area (Å²) in [6, 6.07) is 7.63. The molecule has 7 heteroatoms. The van der Waals surface area contributed by atoms with Gasteiger partial charge < -0.3 is 14.4 Å². The van der Waals surface area contributed by atoms with Gasteiger partial charge in [-0.15, -0.1) is 0 Å². The molecule has 0 atom stereocenters. The first kappa shape index (κ1) is 19.1. The third kappa shape index (κ3) is 5.63. The van der Waals surface area contributed by atoms with E-state index in [1.54, 1.807) is 32.4 Å². The molecule has 2 rings (SSSR count). The van der Waals surface area contributed by atoms with Crippen molar-refractivity contribution >= 4 is 17.7 Å². The number of rotatable bonds is 8. The molecule has 0 saturated carbocycles. The van der Waals surface area contributed by atoms with Crippen LogP contribution in [0, 0.1) is 6.92 Å². The van der Waals surface area contributed by atoms with Gasteiger partial charge in [0, 0.05) is 25.5 Å². The zero-order chi connectivity index (χ0) is 18.2. The molecule has 0 spiro atoms. The van der Waals surface area contributed by atoms with Gasteiger partial charge in [0.15, 0.2) is 16.7 Å². The van der Waals surface area contributed by atoms with E-state index in [-0.39, 0.29) is 5.91 Å². The lowest BCUT2D eigenvalue weighted by atomic mass is 10.1. The molecule has 134 valence electrons. The number of carbonyl (C=O) groups excluding carboxylic acids is 1. The lowest BCUT2D eigenvalue weighted by Gasteiger charge is -2.17. The van der Waals surface area contributed by atoms with Gasteiger partial charge in [0.2, 0.25) is 5.91 Å². The summed E-state index contributed by atoms with van der Waals surface area (Å²) in [4.78, 5) is 22.4. The lowest BCUT2D eigenvalue weighted by Crippen LogP contribution is -2.30. The molecule has 0 fully saturated rings. The van der Waals surface area contributed by atoms with Gasteiger partial charge in [-0.2, -0.15) is 0 Å². The summed E-state index contributed by atoms with van der Waals surface area (Å²) in [5, 5.41) is 0.627. The van der Waals surface area contributed by atoms with Gasteiger partial charge in [0.05, 0.1) is 20.0 Å². The van der Waals surface area contributed by atoms with Gasteiger partial charge >= 0.3 is 0 Å². The molecule has 1 aromatic carbocycles. The number of carbonyl (C=O) groups is 1. The zero-order valence-electron chi connectivity index (χ0n) is 15.0. The Morgan fingerprint density at radius 3 is 2.64 bits per heavy atom. The van der Waals surface area contributed by atoms with Crippen LogP contribution in [0.1, 0.15) is 11.3 Å². The molecule has 1 heterocycles. The second-order valence-electron chi connectivity index (χ2n) is 5.52. The maximum atomic E-state index is 12.3. The molecule has 1 aromatic heterocycles. The Kier molecular flexibility index (Phi) is 7.06. The highest BCUT2D eigenvalue weighted by atomic mass is 32.2. The number of amides is 1. The van der Waals surface area contributed by atoms with Crippen LogP contribution in [0.2, 0.25) is 0 Å². The van der Waals surface area contributed by atoms with Gasteiger partial charge in [-0.05, 0) is 37.1 Å². The average Bonchev–Trinajstić information content (AvgIpc) is 2.63. The summed E-state index contributed by atoms with van der Waals surface area (Å²) >= 11 is 1.35. The maximum absolute atomic E-state index is 12.3. The van der Waals surface area contributed by atoms with Crippen LogP contribution in [-0.2, 0) is 11.2 Å². The van der Waals surface area contributed by atoms with E-state index in [9.17, 15) is 4.79 Å². The van der Waals surface area contributed by atoms with E-state index in [4.69, 9.17) is 9.47 Å². The van der Waals surface area contributed by atoms with Crippen molar-refractivity contribution in [3.63, 3.8) is 0 Å². The van der Waals surface area contributed by atoms with E-state index >= 15 is 0 Å². The first-order chi connectivity index (χ1) is 12.0. The van der Waals surface area contributed by atoms with Crippen molar-refractivity contribution in [1.29, 1.82) is 0 Å². The van der Waals surface area contributed by atoms with Crippen LogP contribution in [0.4, 0.5) is 0 Å². The van der Waals surface area contributed by atoms with Gasteiger partial charge in [-0.3, -0.25) is 4.79 Å². The van der Waals surface area contributed by atoms with E-state index in [0.29, 0.717) is 29.0 Å². The summed E-state index contributed by atoms with van der Waals surface area (Å²) in [5.74, 6) is 1.77. The molecule has 0 aliphatic heterocycles. The van der Waals surface area contributed by atoms with Crippen LogP contribution >= 0.6 is 11.8 Å². The third-order valence-electron chi connectivity index (χ3n) is 3.71. The Hall–Kier alpha value is -2.28. The minimum absolute atomic E-state index is 0.0515. The molecule has 0 unspecified atom stereocenters. The molecule has 1 amide bonds. The Labute approximate surface area is 152 Å². The van der Waals surface area contributed by atoms with E-state index in [1.807, 2.05) is 31.2 Å². The van der Waals surface area contributed by atoms with Gasteiger partial charge in [0.25, 0.3) is 0 Å². The average molecular weight is 361 g/mol. The van der Waals surface area contributed by atoms with Crippen molar-refractivity contribution in [2.45, 2.75) is 18.5 Å². The van der Waals surface area contributed by atoms with Gasteiger partial charge in [-0.25, -0.2) is 9.97 Å². The molecule has 0 aliphatic rings. The Balaban J connectivity index is 1.85. The molecule has 25 heavy (non-hydrogen) atoms. The SMILES string of the molecule is COc1ccc(CCN(C)C(=O)CSc2nccc(C)n2)cc1OC. The van der Waals surface area contributed by atoms with Crippen LogP contribution in [0.15, 0.2) is 35.6 Å². The van der Waals surface area contributed by atoms with E-state index < -0.39 is 0 Å². The zero-order valence-corrected chi connectivity index (χ0v) is 15.8. The molecular formula is C18H23N3O3S. The second-order valence-corrected chi connectivity index (χ2v) is 6.47. The highest BCUT2D eigenvalue weighted by Gasteiger charge is 2.11. The fourth-order valence-electron chi connectivity index (χ4n) is 2.19. The summed E-state index contributed by atoms with van der Waals surface area (Å²) in [7, 11) is 5.03. The minimum Gasteiger partial charge on any atom is -0.493 e. The first-order valence-electron chi connectivity index (χ1n) is 7.90. The summed E-state index contributed by atoms with van der Waals surface area (Å²) in [6.45, 7) is 2.53. The molecule has 6 nitrogen and oxygen atoms in total. The Bertz CT molecular complexity index is 724. The third-order valence-corrected chi connectivity index (χ3v) is 4.55. The fourth-order valence-corrected chi connectivity index (χ4v) is 3.01. The number of ether oxygens (including phenoxy) is 2.